The number of carboxylic acids is 1. The van der Waals surface area contributed by atoms with Crippen molar-refractivity contribution in [1.29, 1.82) is 0 Å². The minimum absolute atomic E-state index is 0.315. The second-order valence-electron chi connectivity index (χ2n) is 4.70. The van der Waals surface area contributed by atoms with Gasteiger partial charge in [0.15, 0.2) is 11.6 Å². The molecule has 0 aliphatic heterocycles. The molecule has 6 heteroatoms. The van der Waals surface area contributed by atoms with E-state index in [9.17, 15) is 23.1 Å². The summed E-state index contributed by atoms with van der Waals surface area (Å²) < 4.78 is 39.0. The summed E-state index contributed by atoms with van der Waals surface area (Å²) in [4.78, 5) is 10.9. The number of aliphatic carboxylic acids is 1. The van der Waals surface area contributed by atoms with Gasteiger partial charge in [-0.05, 0) is 26.3 Å². The van der Waals surface area contributed by atoms with Gasteiger partial charge in [-0.25, -0.2) is 13.2 Å². The number of halogens is 3. The Bertz CT molecular complexity index is 472. The van der Waals surface area contributed by atoms with Gasteiger partial charge < -0.3 is 10.2 Å². The lowest BCUT2D eigenvalue weighted by molar-refractivity contribution is -0.148. The van der Waals surface area contributed by atoms with E-state index in [4.69, 9.17) is 5.11 Å². The van der Waals surface area contributed by atoms with E-state index in [0.717, 1.165) is 0 Å². The summed E-state index contributed by atoms with van der Waals surface area (Å²) in [5.41, 5.74) is -1.76. The molecule has 1 rings (SSSR count). The van der Waals surface area contributed by atoms with Crippen LogP contribution in [-0.2, 0) is 4.79 Å². The van der Waals surface area contributed by atoms with Crippen LogP contribution in [0.5, 0.6) is 0 Å². The number of benzene rings is 1. The molecule has 0 radical (unpaired) electrons. The van der Waals surface area contributed by atoms with Gasteiger partial charge in [0.1, 0.15) is 5.82 Å². The van der Waals surface area contributed by atoms with Crippen molar-refractivity contribution < 1.29 is 28.2 Å². The number of carboxylic acid groups (broad SMARTS) is 1. The first-order chi connectivity index (χ1) is 8.15. The maximum Gasteiger partial charge on any atom is 0.309 e. The highest BCUT2D eigenvalue weighted by molar-refractivity contribution is 5.73. The van der Waals surface area contributed by atoms with Gasteiger partial charge in [0.25, 0.3) is 0 Å². The molecule has 0 fully saturated rings. The smallest absolute Gasteiger partial charge is 0.309 e. The molecule has 0 saturated carbocycles. The lowest BCUT2D eigenvalue weighted by atomic mass is 9.85. The Morgan fingerprint density at radius 3 is 2.22 bits per heavy atom. The first-order valence-electron chi connectivity index (χ1n) is 5.21. The lowest BCUT2D eigenvalue weighted by Gasteiger charge is -2.23. The van der Waals surface area contributed by atoms with E-state index in [1.807, 2.05) is 0 Å². The predicted molar refractivity (Wildman–Crippen MR) is 57.3 cm³/mol. The average Bonchev–Trinajstić information content (AvgIpc) is 2.22. The fourth-order valence-corrected chi connectivity index (χ4v) is 1.47. The van der Waals surface area contributed by atoms with E-state index in [-0.39, 0.29) is 6.42 Å². The SMILES string of the molecule is CC(C)(CC(O)c1cc(F)c(F)cc1F)C(=O)O. The number of carbonyl (C=O) groups is 1. The molecule has 100 valence electrons. The summed E-state index contributed by atoms with van der Waals surface area (Å²) in [6.07, 6.45) is -1.84. The van der Waals surface area contributed by atoms with Crippen LogP contribution >= 0.6 is 0 Å². The molecule has 2 N–H and O–H groups in total. The highest BCUT2D eigenvalue weighted by atomic mass is 19.2. The zero-order valence-electron chi connectivity index (χ0n) is 9.88. The normalized spacial score (nSPS) is 13.4. The first kappa shape index (κ1) is 14.5. The van der Waals surface area contributed by atoms with E-state index in [1.54, 1.807) is 0 Å². The number of aliphatic hydroxyl groups is 1. The van der Waals surface area contributed by atoms with Gasteiger partial charge in [0, 0.05) is 11.6 Å². The van der Waals surface area contributed by atoms with E-state index in [0.29, 0.717) is 12.1 Å². The van der Waals surface area contributed by atoms with E-state index in [1.165, 1.54) is 13.8 Å². The molecule has 3 nitrogen and oxygen atoms in total. The summed E-state index contributed by atoms with van der Waals surface area (Å²) in [7, 11) is 0. The highest BCUT2D eigenvalue weighted by Gasteiger charge is 2.31. The van der Waals surface area contributed by atoms with E-state index in [2.05, 4.69) is 0 Å². The van der Waals surface area contributed by atoms with Crippen molar-refractivity contribution >= 4 is 5.97 Å². The van der Waals surface area contributed by atoms with Gasteiger partial charge in [0.05, 0.1) is 11.5 Å². The topological polar surface area (TPSA) is 57.5 Å². The fraction of sp³-hybridized carbons (Fsp3) is 0.417. The summed E-state index contributed by atoms with van der Waals surface area (Å²) >= 11 is 0. The summed E-state index contributed by atoms with van der Waals surface area (Å²) in [5, 5.41) is 18.6. The predicted octanol–water partition coefficient (Wildman–Crippen LogP) is 2.64. The average molecular weight is 262 g/mol. The van der Waals surface area contributed by atoms with Crippen molar-refractivity contribution in [1.82, 2.24) is 0 Å². The third-order valence-corrected chi connectivity index (χ3v) is 2.68. The van der Waals surface area contributed by atoms with Crippen molar-refractivity contribution in [3.8, 4) is 0 Å². The van der Waals surface area contributed by atoms with Gasteiger partial charge in [-0.3, -0.25) is 4.79 Å². The molecular formula is C12H13F3O3. The summed E-state index contributed by atoms with van der Waals surface area (Å²) in [5.74, 6) is -4.94. The maximum atomic E-state index is 13.3. The van der Waals surface area contributed by atoms with Gasteiger partial charge >= 0.3 is 5.97 Å². The van der Waals surface area contributed by atoms with Crippen LogP contribution in [0.25, 0.3) is 0 Å². The molecule has 0 aromatic heterocycles. The van der Waals surface area contributed by atoms with Crippen molar-refractivity contribution in [2.75, 3.05) is 0 Å². The number of hydrogen-bond donors (Lipinski definition) is 2. The van der Waals surface area contributed by atoms with Gasteiger partial charge in [-0.1, -0.05) is 0 Å². The molecule has 18 heavy (non-hydrogen) atoms. The largest absolute Gasteiger partial charge is 0.481 e. The third kappa shape index (κ3) is 3.01. The molecule has 0 aliphatic rings. The first-order valence-corrected chi connectivity index (χ1v) is 5.21. The third-order valence-electron chi connectivity index (χ3n) is 2.68. The summed E-state index contributed by atoms with van der Waals surface area (Å²) in [6, 6.07) is 0.856. The molecule has 1 unspecified atom stereocenters. The molecule has 0 amide bonds. The van der Waals surface area contributed by atoms with E-state index >= 15 is 0 Å². The zero-order valence-corrected chi connectivity index (χ0v) is 9.88. The number of aliphatic hydroxyl groups excluding tert-OH is 1. The minimum Gasteiger partial charge on any atom is -0.481 e. The van der Waals surface area contributed by atoms with E-state index < -0.39 is 40.5 Å². The van der Waals surface area contributed by atoms with Crippen LogP contribution in [0.15, 0.2) is 12.1 Å². The quantitative estimate of drug-likeness (QED) is 0.820. The molecule has 0 bridgehead atoms. The van der Waals surface area contributed by atoms with Crippen molar-refractivity contribution in [2.24, 2.45) is 5.41 Å². The Morgan fingerprint density at radius 1 is 1.22 bits per heavy atom. The Kier molecular flexibility index (Phi) is 4.01. The molecule has 1 aromatic rings. The Morgan fingerprint density at radius 2 is 1.72 bits per heavy atom. The molecule has 0 spiro atoms. The van der Waals surface area contributed by atoms with Crippen LogP contribution in [0.3, 0.4) is 0 Å². The fourth-order valence-electron chi connectivity index (χ4n) is 1.47. The molecule has 0 aliphatic carbocycles. The Labute approximate surface area is 102 Å². The van der Waals surface area contributed by atoms with Crippen LogP contribution in [0.2, 0.25) is 0 Å². The number of hydrogen-bond acceptors (Lipinski definition) is 2. The second kappa shape index (κ2) is 4.97. The molecule has 1 aromatic carbocycles. The molecule has 0 heterocycles. The Balaban J connectivity index is 3.01. The monoisotopic (exact) mass is 262 g/mol. The highest BCUT2D eigenvalue weighted by Crippen LogP contribution is 2.32. The van der Waals surface area contributed by atoms with Crippen molar-refractivity contribution in [2.45, 2.75) is 26.4 Å². The molecule has 1 atom stereocenters. The Hall–Kier alpha value is -1.56. The lowest BCUT2D eigenvalue weighted by Crippen LogP contribution is -2.26. The maximum absolute atomic E-state index is 13.3. The standard InChI is InChI=1S/C12H13F3O3/c1-12(2,11(17)18)5-10(16)6-3-8(14)9(15)4-7(6)13/h3-4,10,16H,5H2,1-2H3,(H,17,18). The van der Waals surface area contributed by atoms with Crippen LogP contribution in [-0.4, -0.2) is 16.2 Å². The van der Waals surface area contributed by atoms with Crippen LogP contribution in [0.4, 0.5) is 13.2 Å². The van der Waals surface area contributed by atoms with Crippen molar-refractivity contribution in [3.05, 3.63) is 35.1 Å². The minimum atomic E-state index is -1.52. The molecular weight excluding hydrogens is 249 g/mol. The van der Waals surface area contributed by atoms with Gasteiger partial charge in [0.2, 0.25) is 0 Å². The van der Waals surface area contributed by atoms with Crippen LogP contribution in [0, 0.1) is 22.9 Å². The van der Waals surface area contributed by atoms with Crippen LogP contribution in [0.1, 0.15) is 31.9 Å². The summed E-state index contributed by atoms with van der Waals surface area (Å²) in [6.45, 7) is 2.69. The van der Waals surface area contributed by atoms with Gasteiger partial charge in [-0.2, -0.15) is 0 Å². The molecule has 0 saturated heterocycles. The zero-order chi connectivity index (χ0) is 14.1. The van der Waals surface area contributed by atoms with Crippen molar-refractivity contribution in [3.63, 3.8) is 0 Å². The van der Waals surface area contributed by atoms with Crippen LogP contribution < -0.4 is 0 Å². The second-order valence-corrected chi connectivity index (χ2v) is 4.70. The van der Waals surface area contributed by atoms with Gasteiger partial charge in [-0.15, -0.1) is 0 Å². The number of rotatable bonds is 4.